The molecule has 1 aromatic heterocycles. The molecule has 1 saturated heterocycles. The van der Waals surface area contributed by atoms with Crippen LogP contribution in [0.2, 0.25) is 0 Å². The van der Waals surface area contributed by atoms with Gasteiger partial charge in [0.1, 0.15) is 0 Å². The number of likely N-dealkylation sites (N-methyl/N-ethyl adjacent to an activating group) is 1. The maximum atomic E-state index is 12.1. The maximum Gasteiger partial charge on any atom is 0.335 e. The zero-order valence-electron chi connectivity index (χ0n) is 12.0. The summed E-state index contributed by atoms with van der Waals surface area (Å²) in [7, 11) is 0. The molecule has 2 aromatic rings. The van der Waals surface area contributed by atoms with Crippen molar-refractivity contribution >= 4 is 17.0 Å². The highest BCUT2D eigenvalue weighted by Gasteiger charge is 2.24. The Morgan fingerprint density at radius 1 is 1.48 bits per heavy atom. The lowest BCUT2D eigenvalue weighted by Gasteiger charge is -2.22. The molecular weight excluding hydrogens is 270 g/mol. The second-order valence-corrected chi connectivity index (χ2v) is 5.50. The Morgan fingerprint density at radius 2 is 2.29 bits per heavy atom. The summed E-state index contributed by atoms with van der Waals surface area (Å²) >= 11 is 0. The van der Waals surface area contributed by atoms with Gasteiger partial charge in [-0.3, -0.25) is 9.47 Å². The van der Waals surface area contributed by atoms with E-state index in [0.29, 0.717) is 23.6 Å². The molecular formula is C15H19N3O3. The average molecular weight is 289 g/mol. The first-order valence-corrected chi connectivity index (χ1v) is 7.30. The van der Waals surface area contributed by atoms with Crippen molar-refractivity contribution in [2.75, 3.05) is 13.1 Å². The molecule has 3 rings (SSSR count). The number of aromatic carboxylic acids is 1. The lowest BCUT2D eigenvalue weighted by molar-refractivity contribution is 0.0697. The van der Waals surface area contributed by atoms with E-state index in [-0.39, 0.29) is 11.3 Å². The van der Waals surface area contributed by atoms with Crippen LogP contribution in [0.3, 0.4) is 0 Å². The number of carbonyl (C=O) groups is 1. The quantitative estimate of drug-likeness (QED) is 0.894. The molecule has 0 aliphatic carbocycles. The lowest BCUT2D eigenvalue weighted by Crippen LogP contribution is -2.35. The first-order valence-electron chi connectivity index (χ1n) is 7.30. The summed E-state index contributed by atoms with van der Waals surface area (Å²) in [6.45, 7) is 4.77. The van der Waals surface area contributed by atoms with E-state index in [9.17, 15) is 9.59 Å². The van der Waals surface area contributed by atoms with Gasteiger partial charge in [-0.15, -0.1) is 0 Å². The van der Waals surface area contributed by atoms with Gasteiger partial charge in [0.15, 0.2) is 0 Å². The van der Waals surface area contributed by atoms with Crippen LogP contribution >= 0.6 is 0 Å². The van der Waals surface area contributed by atoms with E-state index in [1.807, 2.05) is 0 Å². The van der Waals surface area contributed by atoms with E-state index in [1.54, 1.807) is 16.7 Å². The van der Waals surface area contributed by atoms with Gasteiger partial charge in [-0.05, 0) is 44.1 Å². The van der Waals surface area contributed by atoms with E-state index >= 15 is 0 Å². The molecule has 112 valence electrons. The first kappa shape index (κ1) is 13.9. The van der Waals surface area contributed by atoms with E-state index < -0.39 is 5.97 Å². The number of H-pyrrole nitrogens is 1. The predicted octanol–water partition coefficient (Wildman–Crippen LogP) is 1.51. The van der Waals surface area contributed by atoms with Gasteiger partial charge in [0.2, 0.25) is 0 Å². The van der Waals surface area contributed by atoms with Gasteiger partial charge in [-0.2, -0.15) is 0 Å². The van der Waals surface area contributed by atoms with Crippen molar-refractivity contribution in [3.63, 3.8) is 0 Å². The van der Waals surface area contributed by atoms with Crippen molar-refractivity contribution in [2.45, 2.75) is 32.4 Å². The molecule has 0 bridgehead atoms. The summed E-state index contributed by atoms with van der Waals surface area (Å²) < 4.78 is 1.67. The Hall–Kier alpha value is -2.08. The predicted molar refractivity (Wildman–Crippen MR) is 79.8 cm³/mol. The smallest absolute Gasteiger partial charge is 0.335 e. The van der Waals surface area contributed by atoms with Gasteiger partial charge in [-0.1, -0.05) is 6.92 Å². The molecule has 1 aliphatic heterocycles. The molecule has 0 radical (unpaired) electrons. The minimum absolute atomic E-state index is 0.171. The summed E-state index contributed by atoms with van der Waals surface area (Å²) in [6, 6.07) is 5.09. The first-order chi connectivity index (χ1) is 10.1. The van der Waals surface area contributed by atoms with Crippen LogP contribution in [-0.4, -0.2) is 44.7 Å². The zero-order valence-corrected chi connectivity index (χ0v) is 12.0. The van der Waals surface area contributed by atoms with Crippen LogP contribution in [0.5, 0.6) is 0 Å². The Balaban J connectivity index is 2.00. The summed E-state index contributed by atoms with van der Waals surface area (Å²) in [4.78, 5) is 28.4. The molecule has 1 fully saturated rings. The Morgan fingerprint density at radius 3 is 3.00 bits per heavy atom. The van der Waals surface area contributed by atoms with Crippen LogP contribution in [0, 0.1) is 0 Å². The number of fused-ring (bicyclic) bond motifs is 1. The largest absolute Gasteiger partial charge is 0.478 e. The molecule has 6 nitrogen and oxygen atoms in total. The summed E-state index contributed by atoms with van der Waals surface area (Å²) in [5, 5.41) is 9.10. The second-order valence-electron chi connectivity index (χ2n) is 5.50. The molecule has 6 heteroatoms. The van der Waals surface area contributed by atoms with E-state index in [4.69, 9.17) is 5.11 Å². The molecule has 0 saturated carbocycles. The summed E-state index contributed by atoms with van der Waals surface area (Å²) in [5.41, 5.74) is 1.39. The highest BCUT2D eigenvalue weighted by molar-refractivity contribution is 5.92. The third-order valence-corrected chi connectivity index (χ3v) is 4.32. The lowest BCUT2D eigenvalue weighted by atomic mass is 10.2. The number of rotatable bonds is 4. The molecule has 1 aromatic carbocycles. The SMILES string of the molecule is CCN1CCCC1Cn1c(=O)[nH]c2ccc(C(=O)O)cc21. The van der Waals surface area contributed by atoms with Crippen LogP contribution in [0.1, 0.15) is 30.1 Å². The molecule has 1 aliphatic rings. The van der Waals surface area contributed by atoms with Crippen molar-refractivity contribution in [3.05, 3.63) is 34.2 Å². The van der Waals surface area contributed by atoms with Gasteiger partial charge in [0, 0.05) is 12.6 Å². The van der Waals surface area contributed by atoms with Crippen LogP contribution in [0.15, 0.2) is 23.0 Å². The Labute approximate surface area is 122 Å². The number of nitrogens with one attached hydrogen (secondary N) is 1. The van der Waals surface area contributed by atoms with Crippen LogP contribution in [-0.2, 0) is 6.54 Å². The number of aromatic amines is 1. The zero-order chi connectivity index (χ0) is 15.0. The number of hydrogen-bond donors (Lipinski definition) is 2. The van der Waals surface area contributed by atoms with Gasteiger partial charge >= 0.3 is 11.7 Å². The van der Waals surface area contributed by atoms with E-state index in [2.05, 4.69) is 16.8 Å². The van der Waals surface area contributed by atoms with Gasteiger partial charge in [0.25, 0.3) is 0 Å². The maximum absolute atomic E-state index is 12.1. The number of imidazole rings is 1. The number of carboxylic acid groups (broad SMARTS) is 1. The van der Waals surface area contributed by atoms with E-state index in [0.717, 1.165) is 25.9 Å². The molecule has 2 heterocycles. The molecule has 0 amide bonds. The van der Waals surface area contributed by atoms with Crippen molar-refractivity contribution < 1.29 is 9.90 Å². The van der Waals surface area contributed by atoms with Crippen molar-refractivity contribution in [3.8, 4) is 0 Å². The number of nitrogens with zero attached hydrogens (tertiary/aromatic N) is 2. The van der Waals surface area contributed by atoms with Gasteiger partial charge < -0.3 is 10.1 Å². The minimum atomic E-state index is -0.979. The fourth-order valence-electron chi connectivity index (χ4n) is 3.20. The molecule has 21 heavy (non-hydrogen) atoms. The van der Waals surface area contributed by atoms with Gasteiger partial charge in [0.05, 0.1) is 16.6 Å². The van der Waals surface area contributed by atoms with Crippen molar-refractivity contribution in [1.29, 1.82) is 0 Å². The average Bonchev–Trinajstić information content (AvgIpc) is 3.03. The molecule has 2 N–H and O–H groups in total. The third kappa shape index (κ3) is 2.47. The monoisotopic (exact) mass is 289 g/mol. The van der Waals surface area contributed by atoms with Gasteiger partial charge in [-0.25, -0.2) is 9.59 Å². The number of aromatic nitrogens is 2. The highest BCUT2D eigenvalue weighted by Crippen LogP contribution is 2.20. The summed E-state index contributed by atoms with van der Waals surface area (Å²) in [5.74, 6) is -0.979. The van der Waals surface area contributed by atoms with Crippen molar-refractivity contribution in [2.24, 2.45) is 0 Å². The fourth-order valence-corrected chi connectivity index (χ4v) is 3.20. The number of hydrogen-bond acceptors (Lipinski definition) is 3. The minimum Gasteiger partial charge on any atom is -0.478 e. The number of carboxylic acids is 1. The summed E-state index contributed by atoms with van der Waals surface area (Å²) in [6.07, 6.45) is 2.22. The molecule has 0 spiro atoms. The van der Waals surface area contributed by atoms with Crippen molar-refractivity contribution in [1.82, 2.24) is 14.5 Å². The molecule has 1 unspecified atom stereocenters. The van der Waals surface area contributed by atoms with Crippen LogP contribution < -0.4 is 5.69 Å². The van der Waals surface area contributed by atoms with Crippen LogP contribution in [0.4, 0.5) is 0 Å². The topological polar surface area (TPSA) is 78.3 Å². The number of benzene rings is 1. The third-order valence-electron chi connectivity index (χ3n) is 4.32. The standard InChI is InChI=1S/C15H19N3O3/c1-2-17-7-3-4-11(17)9-18-13-8-10(14(19)20)5-6-12(13)16-15(18)21/h5-6,8,11H,2-4,7,9H2,1H3,(H,16,21)(H,19,20). The Kier molecular flexibility index (Phi) is 3.55. The van der Waals surface area contributed by atoms with Crippen LogP contribution in [0.25, 0.3) is 11.0 Å². The second kappa shape index (κ2) is 5.37. The highest BCUT2D eigenvalue weighted by atomic mass is 16.4. The molecule has 1 atom stereocenters. The number of likely N-dealkylation sites (tertiary alicyclic amines) is 1. The fraction of sp³-hybridized carbons (Fsp3) is 0.467. The van der Waals surface area contributed by atoms with E-state index in [1.165, 1.54) is 6.07 Å². The Bertz CT molecular complexity index is 731. The normalized spacial score (nSPS) is 19.4.